The van der Waals surface area contributed by atoms with Crippen molar-refractivity contribution in [1.29, 1.82) is 5.26 Å². The molecule has 104 valence electrons. The topological polar surface area (TPSA) is 41.6 Å². The van der Waals surface area contributed by atoms with E-state index in [2.05, 4.69) is 11.1 Å². The van der Waals surface area contributed by atoms with Gasteiger partial charge in [-0.25, -0.2) is 9.37 Å². The molecule has 5 heteroatoms. The van der Waals surface area contributed by atoms with Crippen molar-refractivity contribution in [3.05, 3.63) is 64.7 Å². The van der Waals surface area contributed by atoms with Gasteiger partial charge in [0.15, 0.2) is 0 Å². The highest BCUT2D eigenvalue weighted by molar-refractivity contribution is 6.31. The molecular weight excluding hydrogens is 289 g/mol. The van der Waals surface area contributed by atoms with E-state index in [1.54, 1.807) is 0 Å². The fourth-order valence-corrected chi connectivity index (χ4v) is 2.52. The third-order valence-corrected chi connectivity index (χ3v) is 3.68. The normalized spacial score (nSPS) is 10.7. The van der Waals surface area contributed by atoms with Crippen molar-refractivity contribution < 1.29 is 4.39 Å². The van der Waals surface area contributed by atoms with Crippen molar-refractivity contribution in [2.24, 2.45) is 0 Å². The van der Waals surface area contributed by atoms with E-state index in [1.807, 2.05) is 28.8 Å². The predicted molar refractivity (Wildman–Crippen MR) is 79.6 cm³/mol. The molecule has 0 amide bonds. The van der Waals surface area contributed by atoms with Crippen molar-refractivity contribution in [2.75, 3.05) is 0 Å². The van der Waals surface area contributed by atoms with Crippen LogP contribution in [0.2, 0.25) is 5.02 Å². The van der Waals surface area contributed by atoms with Crippen molar-refractivity contribution in [2.45, 2.75) is 13.0 Å². The van der Waals surface area contributed by atoms with Crippen LogP contribution in [-0.2, 0) is 13.0 Å². The quantitative estimate of drug-likeness (QED) is 0.735. The van der Waals surface area contributed by atoms with E-state index in [-0.39, 0.29) is 12.2 Å². The van der Waals surface area contributed by atoms with Gasteiger partial charge in [0.25, 0.3) is 0 Å². The molecule has 0 radical (unpaired) electrons. The fourth-order valence-electron chi connectivity index (χ4n) is 2.34. The van der Waals surface area contributed by atoms with Gasteiger partial charge in [0, 0.05) is 5.02 Å². The Hall–Kier alpha value is -2.38. The minimum atomic E-state index is -0.333. The van der Waals surface area contributed by atoms with Crippen molar-refractivity contribution in [1.82, 2.24) is 9.55 Å². The Balaban J connectivity index is 2.12. The molecule has 0 bridgehead atoms. The molecule has 3 nitrogen and oxygen atoms in total. The number of nitriles is 1. The average molecular weight is 300 g/mol. The molecule has 0 saturated heterocycles. The van der Waals surface area contributed by atoms with Gasteiger partial charge in [-0.3, -0.25) is 0 Å². The van der Waals surface area contributed by atoms with Crippen LogP contribution in [0.3, 0.4) is 0 Å². The summed E-state index contributed by atoms with van der Waals surface area (Å²) in [6, 6.07) is 14.0. The lowest BCUT2D eigenvalue weighted by Gasteiger charge is -2.09. The maximum atomic E-state index is 13.4. The van der Waals surface area contributed by atoms with Gasteiger partial charge in [0.2, 0.25) is 0 Å². The number of imidazole rings is 1. The van der Waals surface area contributed by atoms with Gasteiger partial charge >= 0.3 is 0 Å². The summed E-state index contributed by atoms with van der Waals surface area (Å²) in [4.78, 5) is 4.45. The number of fused-ring (bicyclic) bond motifs is 1. The number of hydrogen-bond donors (Lipinski definition) is 0. The van der Waals surface area contributed by atoms with Gasteiger partial charge in [-0.05, 0) is 35.9 Å². The molecule has 0 atom stereocenters. The first kappa shape index (κ1) is 13.6. The molecule has 0 saturated carbocycles. The Kier molecular flexibility index (Phi) is 3.59. The van der Waals surface area contributed by atoms with E-state index in [4.69, 9.17) is 16.9 Å². The highest BCUT2D eigenvalue weighted by atomic mass is 35.5. The van der Waals surface area contributed by atoms with Crippen LogP contribution in [0.5, 0.6) is 0 Å². The van der Waals surface area contributed by atoms with Crippen molar-refractivity contribution in [3.8, 4) is 6.07 Å². The molecule has 0 spiro atoms. The first-order chi connectivity index (χ1) is 10.2. The zero-order chi connectivity index (χ0) is 14.8. The van der Waals surface area contributed by atoms with E-state index >= 15 is 0 Å². The van der Waals surface area contributed by atoms with E-state index in [0.717, 1.165) is 11.0 Å². The molecule has 0 fully saturated rings. The number of para-hydroxylation sites is 2. The van der Waals surface area contributed by atoms with E-state index in [1.165, 1.54) is 18.2 Å². The maximum Gasteiger partial charge on any atom is 0.124 e. The van der Waals surface area contributed by atoms with Crippen LogP contribution in [0.1, 0.15) is 11.4 Å². The van der Waals surface area contributed by atoms with Crippen LogP contribution in [-0.4, -0.2) is 9.55 Å². The number of hydrogen-bond acceptors (Lipinski definition) is 2. The second kappa shape index (κ2) is 5.55. The van der Waals surface area contributed by atoms with Gasteiger partial charge in [0.1, 0.15) is 11.6 Å². The molecule has 0 unspecified atom stereocenters. The zero-order valence-electron chi connectivity index (χ0n) is 11.1. The average Bonchev–Trinajstić information content (AvgIpc) is 2.81. The molecule has 1 aromatic heterocycles. The third kappa shape index (κ3) is 2.61. The number of rotatable bonds is 3. The van der Waals surface area contributed by atoms with Crippen LogP contribution in [0, 0.1) is 17.1 Å². The first-order valence-corrected chi connectivity index (χ1v) is 6.82. The molecule has 21 heavy (non-hydrogen) atoms. The number of halogens is 2. The zero-order valence-corrected chi connectivity index (χ0v) is 11.8. The summed E-state index contributed by atoms with van der Waals surface area (Å²) in [5, 5.41) is 9.44. The number of benzene rings is 2. The van der Waals surface area contributed by atoms with Crippen LogP contribution in [0.4, 0.5) is 4.39 Å². The Morgan fingerprint density at radius 1 is 1.24 bits per heavy atom. The molecule has 0 aliphatic heterocycles. The molecule has 2 aromatic carbocycles. The summed E-state index contributed by atoms with van der Waals surface area (Å²) in [6.07, 6.45) is 0.196. The lowest BCUT2D eigenvalue weighted by molar-refractivity contribution is 0.623. The standard InChI is InChI=1S/C16H11ClFN3/c17-13-6-5-12(18)9-11(13)10-21-15-4-2-1-3-14(15)20-16(21)7-8-19/h1-6,9H,7,10H2. The van der Waals surface area contributed by atoms with Crippen LogP contribution >= 0.6 is 11.6 Å². The second-order valence-corrected chi connectivity index (χ2v) is 5.08. The van der Waals surface area contributed by atoms with Gasteiger partial charge in [-0.2, -0.15) is 5.26 Å². The third-order valence-electron chi connectivity index (χ3n) is 3.31. The lowest BCUT2D eigenvalue weighted by atomic mass is 10.2. The molecule has 0 aliphatic carbocycles. The van der Waals surface area contributed by atoms with E-state index in [0.29, 0.717) is 23.0 Å². The number of nitrogens with zero attached hydrogens (tertiary/aromatic N) is 3. The van der Waals surface area contributed by atoms with E-state index in [9.17, 15) is 4.39 Å². The van der Waals surface area contributed by atoms with Crippen LogP contribution < -0.4 is 0 Å². The molecule has 0 N–H and O–H groups in total. The van der Waals surface area contributed by atoms with Gasteiger partial charge < -0.3 is 4.57 Å². The Morgan fingerprint density at radius 3 is 2.86 bits per heavy atom. The Bertz CT molecular complexity index is 848. The van der Waals surface area contributed by atoms with Crippen LogP contribution in [0.15, 0.2) is 42.5 Å². The first-order valence-electron chi connectivity index (χ1n) is 6.44. The Labute approximate surface area is 126 Å². The molecule has 3 aromatic rings. The fraction of sp³-hybridized carbons (Fsp3) is 0.125. The van der Waals surface area contributed by atoms with Crippen molar-refractivity contribution >= 4 is 22.6 Å². The maximum absolute atomic E-state index is 13.4. The summed E-state index contributed by atoms with van der Waals surface area (Å²) >= 11 is 6.13. The monoisotopic (exact) mass is 299 g/mol. The molecule has 1 heterocycles. The van der Waals surface area contributed by atoms with Gasteiger partial charge in [0.05, 0.1) is 30.1 Å². The molecule has 3 rings (SSSR count). The highest BCUT2D eigenvalue weighted by Gasteiger charge is 2.12. The van der Waals surface area contributed by atoms with Crippen molar-refractivity contribution in [3.63, 3.8) is 0 Å². The summed E-state index contributed by atoms with van der Waals surface area (Å²) < 4.78 is 15.3. The van der Waals surface area contributed by atoms with Gasteiger partial charge in [-0.1, -0.05) is 23.7 Å². The minimum absolute atomic E-state index is 0.196. The lowest BCUT2D eigenvalue weighted by Crippen LogP contribution is -2.05. The summed E-state index contributed by atoms with van der Waals surface area (Å²) in [6.45, 7) is 0.383. The summed E-state index contributed by atoms with van der Waals surface area (Å²) in [5.74, 6) is 0.319. The highest BCUT2D eigenvalue weighted by Crippen LogP contribution is 2.22. The number of aromatic nitrogens is 2. The largest absolute Gasteiger partial charge is 0.323 e. The Morgan fingerprint density at radius 2 is 2.05 bits per heavy atom. The van der Waals surface area contributed by atoms with Crippen LogP contribution in [0.25, 0.3) is 11.0 Å². The minimum Gasteiger partial charge on any atom is -0.323 e. The SMILES string of the molecule is N#CCc1nc2ccccc2n1Cc1cc(F)ccc1Cl. The second-order valence-electron chi connectivity index (χ2n) is 4.67. The molecular formula is C16H11ClFN3. The summed E-state index contributed by atoms with van der Waals surface area (Å²) in [7, 11) is 0. The summed E-state index contributed by atoms with van der Waals surface area (Å²) in [5.41, 5.74) is 2.39. The van der Waals surface area contributed by atoms with Gasteiger partial charge in [-0.15, -0.1) is 0 Å². The van der Waals surface area contributed by atoms with E-state index < -0.39 is 0 Å². The predicted octanol–water partition coefficient (Wildman–Crippen LogP) is 3.94. The molecule has 0 aliphatic rings. The smallest absolute Gasteiger partial charge is 0.124 e.